The minimum Gasteiger partial charge on any atom is -0.326 e. The van der Waals surface area contributed by atoms with Crippen LogP contribution in [0.4, 0.5) is 0 Å². The molecule has 2 aliphatic heterocycles. The van der Waals surface area contributed by atoms with Crippen LogP contribution in [-0.4, -0.2) is 43.2 Å². The largest absolute Gasteiger partial charge is 0.326 e. The summed E-state index contributed by atoms with van der Waals surface area (Å²) in [5.74, 6) is 0. The Morgan fingerprint density at radius 3 is 2.54 bits per heavy atom. The van der Waals surface area contributed by atoms with E-state index >= 15 is 0 Å². The van der Waals surface area contributed by atoms with Gasteiger partial charge in [0.25, 0.3) is 0 Å². The molecule has 6 heteroatoms. The molecule has 2 saturated heterocycles. The zero-order valence-corrected chi connectivity index (χ0v) is 9.89. The Kier molecular flexibility index (Phi) is 8.84. The number of piperazine rings is 1. The fourth-order valence-electron chi connectivity index (χ4n) is 2.00. The molecule has 0 aromatic rings. The normalized spacial score (nSPS) is 32.1. The summed E-state index contributed by atoms with van der Waals surface area (Å²) in [6.07, 6.45) is 1.19. The highest BCUT2D eigenvalue weighted by atomic mass is 35.5. The lowest BCUT2D eigenvalue weighted by molar-refractivity contribution is 0.212. The van der Waals surface area contributed by atoms with Crippen molar-refractivity contribution in [3.8, 4) is 0 Å². The van der Waals surface area contributed by atoms with Crippen molar-refractivity contribution >= 4 is 37.2 Å². The maximum Gasteiger partial charge on any atom is 0.0237 e. The molecule has 2 fully saturated rings. The van der Waals surface area contributed by atoms with E-state index in [1.54, 1.807) is 0 Å². The Bertz CT molecular complexity index is 122. The third-order valence-electron chi connectivity index (χ3n) is 2.52. The van der Waals surface area contributed by atoms with Crippen LogP contribution in [0.3, 0.4) is 0 Å². The van der Waals surface area contributed by atoms with E-state index in [9.17, 15) is 0 Å². The van der Waals surface area contributed by atoms with Gasteiger partial charge in [-0.3, -0.25) is 4.90 Å². The molecule has 0 spiro atoms. The van der Waals surface area contributed by atoms with E-state index in [1.165, 1.54) is 13.0 Å². The SMILES string of the molecule is Cl.Cl.Cl.N[C@@H]1C[C@H]2CNCCN2C1. The second-order valence-electron chi connectivity index (χ2n) is 3.35. The summed E-state index contributed by atoms with van der Waals surface area (Å²) >= 11 is 0. The van der Waals surface area contributed by atoms with E-state index in [2.05, 4.69) is 10.2 Å². The molecule has 0 bridgehead atoms. The molecule has 0 unspecified atom stereocenters. The summed E-state index contributed by atoms with van der Waals surface area (Å²) in [6, 6.07) is 1.17. The highest BCUT2D eigenvalue weighted by molar-refractivity contribution is 5.86. The number of nitrogens with two attached hydrogens (primary N) is 1. The standard InChI is InChI=1S/C7H15N3.3ClH/c8-6-3-7-4-9-1-2-10(7)5-6;;;/h6-7,9H,1-5,8H2;3*1H/t6-,7+;;;/m1.../s1. The van der Waals surface area contributed by atoms with E-state index in [1.807, 2.05) is 0 Å². The number of nitrogens with zero attached hydrogens (tertiary/aromatic N) is 1. The first kappa shape index (κ1) is 16.2. The number of nitrogens with one attached hydrogen (secondary N) is 1. The van der Waals surface area contributed by atoms with Crippen LogP contribution in [0.1, 0.15) is 6.42 Å². The molecule has 82 valence electrons. The molecular formula is C7H18Cl3N3. The zero-order chi connectivity index (χ0) is 6.97. The highest BCUT2D eigenvalue weighted by Crippen LogP contribution is 2.16. The second-order valence-corrected chi connectivity index (χ2v) is 3.35. The average molecular weight is 251 g/mol. The van der Waals surface area contributed by atoms with Crippen LogP contribution in [0.15, 0.2) is 0 Å². The molecule has 0 aromatic heterocycles. The van der Waals surface area contributed by atoms with Gasteiger partial charge in [-0.25, -0.2) is 0 Å². The summed E-state index contributed by atoms with van der Waals surface area (Å²) < 4.78 is 0. The van der Waals surface area contributed by atoms with Gasteiger partial charge in [-0.15, -0.1) is 37.2 Å². The average Bonchev–Trinajstić information content (AvgIpc) is 2.27. The van der Waals surface area contributed by atoms with Crippen LogP contribution >= 0.6 is 37.2 Å². The number of hydrogen-bond acceptors (Lipinski definition) is 3. The minimum atomic E-state index is 0. The Hall–Kier alpha value is 0.750. The van der Waals surface area contributed by atoms with Crippen LogP contribution in [-0.2, 0) is 0 Å². The van der Waals surface area contributed by atoms with Gasteiger partial charge in [0.15, 0.2) is 0 Å². The molecule has 2 rings (SSSR count). The van der Waals surface area contributed by atoms with Crippen molar-refractivity contribution in [1.82, 2.24) is 10.2 Å². The molecule has 3 N–H and O–H groups in total. The summed E-state index contributed by atoms with van der Waals surface area (Å²) in [5, 5.41) is 3.38. The first-order valence-electron chi connectivity index (χ1n) is 4.06. The highest BCUT2D eigenvalue weighted by Gasteiger charge is 2.30. The molecule has 0 amide bonds. The van der Waals surface area contributed by atoms with Gasteiger partial charge in [-0.05, 0) is 6.42 Å². The van der Waals surface area contributed by atoms with E-state index in [4.69, 9.17) is 5.73 Å². The Morgan fingerprint density at radius 1 is 1.23 bits per heavy atom. The zero-order valence-electron chi connectivity index (χ0n) is 7.44. The van der Waals surface area contributed by atoms with E-state index in [0.717, 1.165) is 25.7 Å². The van der Waals surface area contributed by atoms with Crippen LogP contribution < -0.4 is 11.1 Å². The number of rotatable bonds is 0. The lowest BCUT2D eigenvalue weighted by Gasteiger charge is -2.29. The van der Waals surface area contributed by atoms with Crippen molar-refractivity contribution in [2.24, 2.45) is 5.73 Å². The second kappa shape index (κ2) is 7.10. The summed E-state index contributed by atoms with van der Waals surface area (Å²) in [4.78, 5) is 2.50. The van der Waals surface area contributed by atoms with Gasteiger partial charge >= 0.3 is 0 Å². The Balaban J connectivity index is 0. The predicted octanol–water partition coefficient (Wildman–Crippen LogP) is 0.257. The minimum absolute atomic E-state index is 0. The van der Waals surface area contributed by atoms with Crippen LogP contribution in [0.2, 0.25) is 0 Å². The van der Waals surface area contributed by atoms with Crippen molar-refractivity contribution in [3.63, 3.8) is 0 Å². The molecule has 2 aliphatic rings. The van der Waals surface area contributed by atoms with E-state index in [-0.39, 0.29) is 37.2 Å². The summed E-state index contributed by atoms with van der Waals surface area (Å²) in [6.45, 7) is 4.60. The van der Waals surface area contributed by atoms with Crippen LogP contribution in [0, 0.1) is 0 Å². The maximum atomic E-state index is 5.82. The van der Waals surface area contributed by atoms with Crippen molar-refractivity contribution < 1.29 is 0 Å². The van der Waals surface area contributed by atoms with Crippen molar-refractivity contribution in [2.45, 2.75) is 18.5 Å². The third kappa shape index (κ3) is 3.78. The number of halogens is 3. The molecule has 0 aliphatic carbocycles. The number of fused-ring (bicyclic) bond motifs is 1. The Morgan fingerprint density at radius 2 is 1.92 bits per heavy atom. The third-order valence-corrected chi connectivity index (χ3v) is 2.52. The van der Waals surface area contributed by atoms with Gasteiger partial charge in [-0.2, -0.15) is 0 Å². The first-order valence-corrected chi connectivity index (χ1v) is 4.06. The lowest BCUT2D eigenvalue weighted by Crippen LogP contribution is -2.47. The molecule has 3 nitrogen and oxygen atoms in total. The fraction of sp³-hybridized carbons (Fsp3) is 1.00. The quantitative estimate of drug-likeness (QED) is 0.648. The number of hydrogen-bond donors (Lipinski definition) is 2. The van der Waals surface area contributed by atoms with Crippen molar-refractivity contribution in [1.29, 1.82) is 0 Å². The molecule has 0 saturated carbocycles. The summed E-state index contributed by atoms with van der Waals surface area (Å²) in [5.41, 5.74) is 5.82. The molecule has 2 atom stereocenters. The molecule has 2 heterocycles. The smallest absolute Gasteiger partial charge is 0.0237 e. The maximum absolute atomic E-state index is 5.82. The van der Waals surface area contributed by atoms with Crippen LogP contribution in [0.5, 0.6) is 0 Å². The first-order chi connectivity index (χ1) is 4.86. The molecular weight excluding hydrogens is 232 g/mol. The van der Waals surface area contributed by atoms with Gasteiger partial charge < -0.3 is 11.1 Å². The van der Waals surface area contributed by atoms with E-state index < -0.39 is 0 Å². The monoisotopic (exact) mass is 249 g/mol. The molecule has 0 aromatic carbocycles. The van der Waals surface area contributed by atoms with Crippen LogP contribution in [0.25, 0.3) is 0 Å². The van der Waals surface area contributed by atoms with Gasteiger partial charge in [-0.1, -0.05) is 0 Å². The van der Waals surface area contributed by atoms with Gasteiger partial charge in [0, 0.05) is 38.3 Å². The fourth-order valence-corrected chi connectivity index (χ4v) is 2.00. The van der Waals surface area contributed by atoms with Gasteiger partial charge in [0.1, 0.15) is 0 Å². The summed E-state index contributed by atoms with van der Waals surface area (Å²) in [7, 11) is 0. The topological polar surface area (TPSA) is 41.3 Å². The molecule has 0 radical (unpaired) electrons. The van der Waals surface area contributed by atoms with Gasteiger partial charge in [0.05, 0.1) is 0 Å². The predicted molar refractivity (Wildman–Crippen MR) is 62.6 cm³/mol. The van der Waals surface area contributed by atoms with Gasteiger partial charge in [0.2, 0.25) is 0 Å². The molecule has 13 heavy (non-hydrogen) atoms. The van der Waals surface area contributed by atoms with Crippen molar-refractivity contribution in [2.75, 3.05) is 26.2 Å². The van der Waals surface area contributed by atoms with E-state index in [0.29, 0.717) is 6.04 Å². The van der Waals surface area contributed by atoms with Crippen molar-refractivity contribution in [3.05, 3.63) is 0 Å². The lowest BCUT2D eigenvalue weighted by atomic mass is 10.1. The Labute approximate surface area is 98.0 Å².